The van der Waals surface area contributed by atoms with E-state index in [1.54, 1.807) is 0 Å². The molecular formula is C23H27NO4. The molecule has 0 aromatic heterocycles. The van der Waals surface area contributed by atoms with Gasteiger partial charge in [-0.25, -0.2) is 0 Å². The van der Waals surface area contributed by atoms with Crippen LogP contribution in [0.1, 0.15) is 56.3 Å². The maximum absolute atomic E-state index is 13.1. The number of benzene rings is 2. The van der Waals surface area contributed by atoms with Crippen molar-refractivity contribution in [3.05, 3.63) is 48.0 Å². The van der Waals surface area contributed by atoms with Crippen molar-refractivity contribution in [3.8, 4) is 23.0 Å². The van der Waals surface area contributed by atoms with E-state index in [1.165, 1.54) is 19.3 Å². The highest BCUT2D eigenvalue weighted by Gasteiger charge is 2.28. The molecule has 0 bridgehead atoms. The second-order valence-electron chi connectivity index (χ2n) is 7.74. The van der Waals surface area contributed by atoms with E-state index in [0.717, 1.165) is 18.6 Å². The fourth-order valence-corrected chi connectivity index (χ4v) is 4.07. The quantitative estimate of drug-likeness (QED) is 0.697. The summed E-state index contributed by atoms with van der Waals surface area (Å²) in [6.45, 7) is 4.44. The van der Waals surface area contributed by atoms with Crippen LogP contribution in [0.15, 0.2) is 42.5 Å². The van der Waals surface area contributed by atoms with Crippen molar-refractivity contribution < 1.29 is 19.0 Å². The van der Waals surface area contributed by atoms with E-state index in [9.17, 15) is 4.79 Å². The van der Waals surface area contributed by atoms with Crippen LogP contribution in [0.5, 0.6) is 23.0 Å². The minimum atomic E-state index is 0.108. The number of hydrogen-bond acceptors (Lipinski definition) is 4. The Morgan fingerprint density at radius 1 is 0.964 bits per heavy atom. The fraction of sp³-hybridized carbons (Fsp3) is 0.435. The number of amides is 1. The van der Waals surface area contributed by atoms with Gasteiger partial charge in [-0.2, -0.15) is 0 Å². The first-order chi connectivity index (χ1) is 13.6. The molecule has 0 spiro atoms. The molecule has 0 atom stereocenters. The molecule has 0 saturated heterocycles. The SMILES string of the molecule is CC(C)N(C(=O)c1ccc(Oc2ccc3c(c2)OCO3)cc1)C1CCCCC1. The van der Waals surface area contributed by atoms with Crippen LogP contribution in [0.25, 0.3) is 0 Å². The van der Waals surface area contributed by atoms with Crippen LogP contribution in [0, 0.1) is 0 Å². The van der Waals surface area contributed by atoms with Gasteiger partial charge in [0.05, 0.1) is 0 Å². The molecule has 0 radical (unpaired) electrons. The van der Waals surface area contributed by atoms with Crippen molar-refractivity contribution in [3.63, 3.8) is 0 Å². The molecule has 5 heteroatoms. The van der Waals surface area contributed by atoms with Gasteiger partial charge in [0, 0.05) is 23.7 Å². The lowest BCUT2D eigenvalue weighted by atomic mass is 9.93. The van der Waals surface area contributed by atoms with E-state index in [-0.39, 0.29) is 18.7 Å². The average molecular weight is 381 g/mol. The predicted octanol–water partition coefficient (Wildman–Crippen LogP) is 5.39. The first-order valence-corrected chi connectivity index (χ1v) is 10.1. The summed E-state index contributed by atoms with van der Waals surface area (Å²) in [5, 5.41) is 0. The zero-order valence-electron chi connectivity index (χ0n) is 16.5. The molecule has 1 aliphatic carbocycles. The number of ether oxygens (including phenoxy) is 3. The third kappa shape index (κ3) is 3.93. The molecule has 28 heavy (non-hydrogen) atoms. The van der Waals surface area contributed by atoms with Gasteiger partial charge >= 0.3 is 0 Å². The predicted molar refractivity (Wildman–Crippen MR) is 107 cm³/mol. The zero-order chi connectivity index (χ0) is 19.5. The number of carbonyl (C=O) groups excluding carboxylic acids is 1. The molecule has 0 unspecified atom stereocenters. The van der Waals surface area contributed by atoms with E-state index >= 15 is 0 Å². The Bertz CT molecular complexity index is 825. The fourth-order valence-electron chi connectivity index (χ4n) is 4.07. The lowest BCUT2D eigenvalue weighted by Crippen LogP contribution is -2.45. The van der Waals surface area contributed by atoms with E-state index in [0.29, 0.717) is 28.9 Å². The molecule has 2 aromatic carbocycles. The summed E-state index contributed by atoms with van der Waals surface area (Å²) in [7, 11) is 0. The highest BCUT2D eigenvalue weighted by atomic mass is 16.7. The molecule has 2 aliphatic rings. The molecular weight excluding hydrogens is 354 g/mol. The van der Waals surface area contributed by atoms with E-state index < -0.39 is 0 Å². The number of nitrogens with zero attached hydrogens (tertiary/aromatic N) is 1. The normalized spacial score (nSPS) is 16.2. The van der Waals surface area contributed by atoms with Crippen molar-refractivity contribution in [2.45, 2.75) is 58.0 Å². The Balaban J connectivity index is 1.46. The maximum Gasteiger partial charge on any atom is 0.254 e. The van der Waals surface area contributed by atoms with Crippen LogP contribution in [-0.2, 0) is 0 Å². The highest BCUT2D eigenvalue weighted by Crippen LogP contribution is 2.36. The van der Waals surface area contributed by atoms with E-state index in [4.69, 9.17) is 14.2 Å². The number of carbonyl (C=O) groups is 1. The van der Waals surface area contributed by atoms with Crippen LogP contribution in [0.2, 0.25) is 0 Å². The maximum atomic E-state index is 13.1. The van der Waals surface area contributed by atoms with Gasteiger partial charge in [-0.1, -0.05) is 19.3 Å². The van der Waals surface area contributed by atoms with Crippen molar-refractivity contribution in [2.24, 2.45) is 0 Å². The second kappa shape index (κ2) is 8.13. The van der Waals surface area contributed by atoms with Gasteiger partial charge in [0.25, 0.3) is 5.91 Å². The lowest BCUT2D eigenvalue weighted by molar-refractivity contribution is 0.0555. The number of fused-ring (bicyclic) bond motifs is 1. The number of hydrogen-bond donors (Lipinski definition) is 0. The smallest absolute Gasteiger partial charge is 0.254 e. The van der Waals surface area contributed by atoms with Gasteiger partial charge in [0.2, 0.25) is 6.79 Å². The molecule has 0 N–H and O–H groups in total. The molecule has 4 rings (SSSR count). The summed E-state index contributed by atoms with van der Waals surface area (Å²) in [4.78, 5) is 15.2. The van der Waals surface area contributed by atoms with Crippen molar-refractivity contribution in [1.82, 2.24) is 4.90 Å². The van der Waals surface area contributed by atoms with Gasteiger partial charge in [-0.05, 0) is 63.1 Å². The molecule has 1 amide bonds. The number of rotatable bonds is 5. The minimum absolute atomic E-state index is 0.108. The van der Waals surface area contributed by atoms with Gasteiger partial charge in [-0.15, -0.1) is 0 Å². The molecule has 1 heterocycles. The van der Waals surface area contributed by atoms with Crippen LogP contribution >= 0.6 is 0 Å². The summed E-state index contributed by atoms with van der Waals surface area (Å²) in [5.41, 5.74) is 0.706. The van der Waals surface area contributed by atoms with Crippen molar-refractivity contribution in [1.29, 1.82) is 0 Å². The topological polar surface area (TPSA) is 48.0 Å². The zero-order valence-corrected chi connectivity index (χ0v) is 16.5. The van der Waals surface area contributed by atoms with Gasteiger partial charge in [-0.3, -0.25) is 4.79 Å². The largest absolute Gasteiger partial charge is 0.457 e. The summed E-state index contributed by atoms with van der Waals surface area (Å²) < 4.78 is 16.6. The molecule has 5 nitrogen and oxygen atoms in total. The Morgan fingerprint density at radius 3 is 2.36 bits per heavy atom. The third-order valence-corrected chi connectivity index (χ3v) is 5.44. The Kier molecular flexibility index (Phi) is 5.42. The van der Waals surface area contributed by atoms with Crippen LogP contribution in [-0.4, -0.2) is 29.7 Å². The van der Waals surface area contributed by atoms with Crippen LogP contribution in [0.4, 0.5) is 0 Å². The Morgan fingerprint density at radius 2 is 1.64 bits per heavy atom. The van der Waals surface area contributed by atoms with Gasteiger partial charge < -0.3 is 19.1 Å². The van der Waals surface area contributed by atoms with E-state index in [2.05, 4.69) is 18.7 Å². The summed E-state index contributed by atoms with van der Waals surface area (Å²) in [6.07, 6.45) is 5.92. The van der Waals surface area contributed by atoms with Gasteiger partial charge in [0.1, 0.15) is 11.5 Å². The van der Waals surface area contributed by atoms with Crippen LogP contribution in [0.3, 0.4) is 0 Å². The summed E-state index contributed by atoms with van der Waals surface area (Å²) >= 11 is 0. The molecule has 1 aliphatic heterocycles. The molecule has 148 valence electrons. The van der Waals surface area contributed by atoms with Crippen molar-refractivity contribution in [2.75, 3.05) is 6.79 Å². The minimum Gasteiger partial charge on any atom is -0.457 e. The second-order valence-corrected chi connectivity index (χ2v) is 7.74. The van der Waals surface area contributed by atoms with Gasteiger partial charge in [0.15, 0.2) is 11.5 Å². The first-order valence-electron chi connectivity index (χ1n) is 10.1. The van der Waals surface area contributed by atoms with Crippen molar-refractivity contribution >= 4 is 5.91 Å². The Labute approximate surface area is 166 Å². The Hall–Kier alpha value is -2.69. The lowest BCUT2D eigenvalue weighted by Gasteiger charge is -2.37. The van der Waals surface area contributed by atoms with Crippen LogP contribution < -0.4 is 14.2 Å². The molecule has 1 saturated carbocycles. The average Bonchev–Trinajstić information content (AvgIpc) is 3.17. The van der Waals surface area contributed by atoms with E-state index in [1.807, 2.05) is 42.5 Å². The first kappa shape index (κ1) is 18.7. The molecule has 1 fully saturated rings. The summed E-state index contributed by atoms with van der Waals surface area (Å²) in [5.74, 6) is 2.88. The highest BCUT2D eigenvalue weighted by molar-refractivity contribution is 5.94. The monoisotopic (exact) mass is 381 g/mol. The molecule has 2 aromatic rings. The third-order valence-electron chi connectivity index (χ3n) is 5.44. The summed E-state index contributed by atoms with van der Waals surface area (Å²) in [6, 6.07) is 13.4. The standard InChI is InChI=1S/C23H27NO4/c1-16(2)24(18-6-4-3-5-7-18)23(25)17-8-10-19(11-9-17)28-20-12-13-21-22(14-20)27-15-26-21/h8-14,16,18H,3-7,15H2,1-2H3.